The molecule has 0 saturated carbocycles. The molecule has 0 radical (unpaired) electrons. The van der Waals surface area contributed by atoms with E-state index >= 15 is 0 Å². The van der Waals surface area contributed by atoms with Crippen LogP contribution < -0.4 is 5.63 Å². The molecule has 0 N–H and O–H groups in total. The first-order valence-electron chi connectivity index (χ1n) is 6.74. The van der Waals surface area contributed by atoms with Crippen molar-refractivity contribution >= 4 is 22.5 Å². The molecule has 0 aliphatic carbocycles. The number of halogens is 3. The van der Waals surface area contributed by atoms with E-state index in [4.69, 9.17) is 4.42 Å². The fraction of sp³-hybridized carbons (Fsp3) is 0.118. The maximum Gasteiger partial charge on any atom is 0.446 e. The molecular weight excluding hydrogens is 325 g/mol. The minimum atomic E-state index is -4.48. The zero-order chi connectivity index (χ0) is 16.6. The van der Waals surface area contributed by atoms with Crippen molar-refractivity contribution in [1.29, 1.82) is 0 Å². The van der Waals surface area contributed by atoms with Gasteiger partial charge in [-0.05, 0) is 24.8 Å². The molecular formula is C17H11F3O2S. The van der Waals surface area contributed by atoms with E-state index in [-0.39, 0.29) is 33.2 Å². The summed E-state index contributed by atoms with van der Waals surface area (Å²) in [5.41, 5.74) is -3.92. The lowest BCUT2D eigenvalue weighted by Gasteiger charge is -2.13. The molecule has 2 nitrogen and oxygen atoms in total. The minimum Gasteiger partial charge on any atom is -0.421 e. The second-order valence-electron chi connectivity index (χ2n) is 5.01. The molecule has 0 unspecified atom stereocenters. The number of aryl methyl sites for hydroxylation is 1. The minimum absolute atomic E-state index is 0.0609. The van der Waals surface area contributed by atoms with Crippen molar-refractivity contribution < 1.29 is 17.6 Å². The second-order valence-corrected chi connectivity index (χ2v) is 6.09. The summed E-state index contributed by atoms with van der Waals surface area (Å²) in [6.45, 7) is 1.76. The Hall–Kier alpha value is -2.21. The molecule has 3 rings (SSSR count). The monoisotopic (exact) mass is 336 g/mol. The molecule has 0 amide bonds. The van der Waals surface area contributed by atoms with Gasteiger partial charge in [-0.3, -0.25) is 0 Å². The quantitative estimate of drug-likeness (QED) is 0.589. The average Bonchev–Trinajstić information content (AvgIpc) is 2.49. The second kappa shape index (κ2) is 5.77. The van der Waals surface area contributed by atoms with Crippen LogP contribution in [0.1, 0.15) is 5.56 Å². The Bertz CT molecular complexity index is 915. The molecule has 2 aromatic carbocycles. The third-order valence-corrected chi connectivity index (χ3v) is 4.14. The van der Waals surface area contributed by atoms with Crippen LogP contribution in [0, 0.1) is 6.92 Å². The molecule has 0 aliphatic rings. The summed E-state index contributed by atoms with van der Waals surface area (Å²) in [5, 5.41) is 0.393. The Morgan fingerprint density at radius 3 is 2.35 bits per heavy atom. The van der Waals surface area contributed by atoms with Gasteiger partial charge in [0.15, 0.2) is 5.76 Å². The topological polar surface area (TPSA) is 30.2 Å². The molecule has 1 heterocycles. The standard InChI is InChI=1S/C17H11F3O2S/c1-10-7-8-12-13(9-10)16(21)22-14(11-5-3-2-4-6-11)15(12)23-17(18,19)20/h2-9H,1H3. The van der Waals surface area contributed by atoms with Gasteiger partial charge in [-0.25, -0.2) is 4.79 Å². The highest BCUT2D eigenvalue weighted by molar-refractivity contribution is 8.00. The van der Waals surface area contributed by atoms with Crippen molar-refractivity contribution in [1.82, 2.24) is 0 Å². The number of thioether (sulfide) groups is 1. The highest BCUT2D eigenvalue weighted by Gasteiger charge is 2.33. The SMILES string of the molecule is Cc1ccc2c(SC(F)(F)F)c(-c3ccccc3)oc(=O)c2c1. The number of hydrogen-bond acceptors (Lipinski definition) is 3. The van der Waals surface area contributed by atoms with Gasteiger partial charge in [0.1, 0.15) is 0 Å². The van der Waals surface area contributed by atoms with Gasteiger partial charge >= 0.3 is 11.1 Å². The molecule has 0 atom stereocenters. The fourth-order valence-electron chi connectivity index (χ4n) is 2.34. The van der Waals surface area contributed by atoms with Crippen LogP contribution >= 0.6 is 11.8 Å². The molecule has 3 aromatic rings. The predicted molar refractivity (Wildman–Crippen MR) is 84.6 cm³/mol. The summed E-state index contributed by atoms with van der Waals surface area (Å²) < 4.78 is 44.2. The lowest BCUT2D eigenvalue weighted by atomic mass is 10.1. The molecule has 0 aliphatic heterocycles. The average molecular weight is 336 g/mol. The van der Waals surface area contributed by atoms with Crippen LogP contribution in [0.25, 0.3) is 22.1 Å². The predicted octanol–water partition coefficient (Wildman–Crippen LogP) is 5.38. The molecule has 23 heavy (non-hydrogen) atoms. The van der Waals surface area contributed by atoms with Crippen molar-refractivity contribution in [2.45, 2.75) is 17.3 Å². The zero-order valence-electron chi connectivity index (χ0n) is 12.0. The van der Waals surface area contributed by atoms with E-state index in [0.29, 0.717) is 5.56 Å². The molecule has 118 valence electrons. The first-order valence-corrected chi connectivity index (χ1v) is 7.55. The molecule has 0 bridgehead atoms. The van der Waals surface area contributed by atoms with Crippen molar-refractivity contribution in [3.8, 4) is 11.3 Å². The number of benzene rings is 2. The molecule has 6 heteroatoms. The zero-order valence-corrected chi connectivity index (χ0v) is 12.8. The highest BCUT2D eigenvalue weighted by atomic mass is 32.2. The lowest BCUT2D eigenvalue weighted by Crippen LogP contribution is -2.06. The number of alkyl halides is 3. The van der Waals surface area contributed by atoms with Gasteiger partial charge < -0.3 is 4.42 Å². The van der Waals surface area contributed by atoms with Crippen molar-refractivity contribution in [2.24, 2.45) is 0 Å². The van der Waals surface area contributed by atoms with Gasteiger partial charge in [0.25, 0.3) is 0 Å². The van der Waals surface area contributed by atoms with Gasteiger partial charge in [0.05, 0.1) is 10.3 Å². The van der Waals surface area contributed by atoms with Gasteiger partial charge in [0, 0.05) is 10.9 Å². The van der Waals surface area contributed by atoms with Gasteiger partial charge in [-0.2, -0.15) is 13.2 Å². The van der Waals surface area contributed by atoms with Crippen LogP contribution in [0.2, 0.25) is 0 Å². The summed E-state index contributed by atoms with van der Waals surface area (Å²) in [6.07, 6.45) is 0. The van der Waals surface area contributed by atoms with E-state index in [0.717, 1.165) is 5.56 Å². The van der Waals surface area contributed by atoms with Crippen LogP contribution in [0.5, 0.6) is 0 Å². The molecule has 0 spiro atoms. The van der Waals surface area contributed by atoms with Crippen LogP contribution in [0.4, 0.5) is 13.2 Å². The molecule has 0 fully saturated rings. The van der Waals surface area contributed by atoms with E-state index in [2.05, 4.69) is 0 Å². The van der Waals surface area contributed by atoms with Gasteiger partial charge in [0.2, 0.25) is 0 Å². The van der Waals surface area contributed by atoms with Crippen LogP contribution in [0.15, 0.2) is 62.6 Å². The van der Waals surface area contributed by atoms with E-state index in [1.54, 1.807) is 43.3 Å². The normalized spacial score (nSPS) is 11.8. The van der Waals surface area contributed by atoms with E-state index in [9.17, 15) is 18.0 Å². The largest absolute Gasteiger partial charge is 0.446 e. The van der Waals surface area contributed by atoms with Crippen molar-refractivity contribution in [3.63, 3.8) is 0 Å². The summed E-state index contributed by atoms with van der Waals surface area (Å²) in [5.74, 6) is -0.0609. The Morgan fingerprint density at radius 2 is 1.70 bits per heavy atom. The first kappa shape index (κ1) is 15.7. The number of fused-ring (bicyclic) bond motifs is 1. The van der Waals surface area contributed by atoms with E-state index in [1.807, 2.05) is 0 Å². The van der Waals surface area contributed by atoms with E-state index in [1.165, 1.54) is 12.1 Å². The molecule has 1 aromatic heterocycles. The maximum absolute atomic E-state index is 13.0. The Morgan fingerprint density at radius 1 is 1.00 bits per heavy atom. The molecule has 0 saturated heterocycles. The Labute approximate surface area is 133 Å². The Balaban J connectivity index is 2.37. The highest BCUT2D eigenvalue weighted by Crippen LogP contribution is 2.44. The smallest absolute Gasteiger partial charge is 0.421 e. The van der Waals surface area contributed by atoms with Gasteiger partial charge in [-0.15, -0.1) is 0 Å². The maximum atomic E-state index is 13.0. The van der Waals surface area contributed by atoms with Crippen molar-refractivity contribution in [3.05, 3.63) is 64.5 Å². The summed E-state index contributed by atoms with van der Waals surface area (Å²) >= 11 is -0.266. The summed E-state index contributed by atoms with van der Waals surface area (Å²) in [6, 6.07) is 13.1. The Kier molecular flexibility index (Phi) is 3.93. The first-order chi connectivity index (χ1) is 10.8. The van der Waals surface area contributed by atoms with E-state index < -0.39 is 11.1 Å². The van der Waals surface area contributed by atoms with Crippen LogP contribution in [-0.2, 0) is 0 Å². The summed E-state index contributed by atoms with van der Waals surface area (Å²) in [7, 11) is 0. The fourth-order valence-corrected chi connectivity index (χ4v) is 3.11. The third kappa shape index (κ3) is 3.27. The van der Waals surface area contributed by atoms with Gasteiger partial charge in [-0.1, -0.05) is 48.0 Å². The number of rotatable bonds is 2. The lowest BCUT2D eigenvalue weighted by molar-refractivity contribution is -0.0328. The third-order valence-electron chi connectivity index (χ3n) is 3.29. The van der Waals surface area contributed by atoms with Crippen molar-refractivity contribution in [2.75, 3.05) is 0 Å². The number of hydrogen-bond donors (Lipinski definition) is 0. The summed E-state index contributed by atoms with van der Waals surface area (Å²) in [4.78, 5) is 12.1. The van der Waals surface area contributed by atoms with Crippen LogP contribution in [0.3, 0.4) is 0 Å². The van der Waals surface area contributed by atoms with Crippen LogP contribution in [-0.4, -0.2) is 5.51 Å².